The molecule has 0 aromatic heterocycles. The fourth-order valence-electron chi connectivity index (χ4n) is 6.07. The van der Waals surface area contributed by atoms with Crippen LogP contribution in [0.4, 0.5) is 0 Å². The number of nitrogens with zero attached hydrogens (tertiary/aromatic N) is 2. The number of hydrogen-bond donors (Lipinski definition) is 0. The molecule has 0 spiro atoms. The monoisotopic (exact) mass is 432 g/mol. The number of unbranched alkanes of at least 4 members (excludes halogenated alkanes) is 2. The second-order valence-electron chi connectivity index (χ2n) is 9.90. The average molecular weight is 433 g/mol. The van der Waals surface area contributed by atoms with Crippen molar-refractivity contribution in [3.63, 3.8) is 0 Å². The Kier molecular flexibility index (Phi) is 9.54. The molecule has 1 saturated carbocycles. The minimum Gasteiger partial charge on any atom is -0.300 e. The van der Waals surface area contributed by atoms with Crippen molar-refractivity contribution in [1.29, 1.82) is 0 Å². The summed E-state index contributed by atoms with van der Waals surface area (Å²) < 4.78 is 0. The van der Waals surface area contributed by atoms with E-state index in [0.29, 0.717) is 0 Å². The van der Waals surface area contributed by atoms with E-state index in [1.54, 1.807) is 0 Å². The summed E-state index contributed by atoms with van der Waals surface area (Å²) in [4.78, 5) is 5.71. The zero-order valence-corrected chi connectivity index (χ0v) is 20.6. The van der Waals surface area contributed by atoms with E-state index in [1.807, 2.05) is 0 Å². The zero-order valence-electron chi connectivity index (χ0n) is 19.8. The van der Waals surface area contributed by atoms with Crippen molar-refractivity contribution < 1.29 is 0 Å². The summed E-state index contributed by atoms with van der Waals surface area (Å²) in [5.74, 6) is 0.948. The van der Waals surface area contributed by atoms with Crippen molar-refractivity contribution in [1.82, 2.24) is 9.80 Å². The third kappa shape index (κ3) is 5.81. The molecule has 1 aliphatic carbocycles. The maximum atomic E-state index is 6.27. The molecular formula is C27H45ClN2. The fourth-order valence-corrected chi connectivity index (χ4v) is 6.19. The van der Waals surface area contributed by atoms with E-state index in [2.05, 4.69) is 54.8 Å². The van der Waals surface area contributed by atoms with Crippen LogP contribution in [0.25, 0.3) is 0 Å². The van der Waals surface area contributed by atoms with E-state index in [4.69, 9.17) is 11.6 Å². The van der Waals surface area contributed by atoms with Crippen molar-refractivity contribution in [3.8, 4) is 0 Å². The lowest BCUT2D eigenvalue weighted by Crippen LogP contribution is -2.52. The van der Waals surface area contributed by atoms with Gasteiger partial charge in [0.2, 0.25) is 0 Å². The van der Waals surface area contributed by atoms with Gasteiger partial charge in [-0.25, -0.2) is 0 Å². The van der Waals surface area contributed by atoms with Gasteiger partial charge in [-0.3, -0.25) is 4.90 Å². The summed E-state index contributed by atoms with van der Waals surface area (Å²) in [6.07, 6.45) is 14.6. The Morgan fingerprint density at radius 1 is 0.933 bits per heavy atom. The Morgan fingerprint density at radius 3 is 2.13 bits per heavy atom. The Bertz CT molecular complexity index is 598. The second-order valence-corrected chi connectivity index (χ2v) is 10.3. The van der Waals surface area contributed by atoms with Crippen LogP contribution in [-0.4, -0.2) is 42.0 Å². The molecule has 3 rings (SSSR count). The molecule has 1 heterocycles. The highest BCUT2D eigenvalue weighted by atomic mass is 35.5. The number of hydrogen-bond acceptors (Lipinski definition) is 2. The third-order valence-electron chi connectivity index (χ3n) is 7.86. The highest BCUT2D eigenvalue weighted by Crippen LogP contribution is 2.45. The molecule has 2 nitrogen and oxygen atoms in total. The van der Waals surface area contributed by atoms with E-state index in [1.165, 1.54) is 102 Å². The molecule has 3 heteroatoms. The highest BCUT2D eigenvalue weighted by molar-refractivity contribution is 6.30. The number of rotatable bonds is 11. The number of benzene rings is 1. The van der Waals surface area contributed by atoms with Gasteiger partial charge in [-0.05, 0) is 94.6 Å². The van der Waals surface area contributed by atoms with Crippen LogP contribution in [0.15, 0.2) is 24.3 Å². The van der Waals surface area contributed by atoms with E-state index in [9.17, 15) is 0 Å². The van der Waals surface area contributed by atoms with Gasteiger partial charge in [-0.2, -0.15) is 0 Å². The Morgan fingerprint density at radius 2 is 1.57 bits per heavy atom. The summed E-state index contributed by atoms with van der Waals surface area (Å²) in [5, 5.41) is 0.857. The van der Waals surface area contributed by atoms with Gasteiger partial charge < -0.3 is 4.90 Å². The van der Waals surface area contributed by atoms with Gasteiger partial charge in [0.15, 0.2) is 0 Å². The fraction of sp³-hybridized carbons (Fsp3) is 0.778. The maximum absolute atomic E-state index is 6.27. The van der Waals surface area contributed by atoms with Crippen LogP contribution in [-0.2, 0) is 5.54 Å². The molecular weight excluding hydrogens is 388 g/mol. The van der Waals surface area contributed by atoms with Crippen molar-refractivity contribution in [2.24, 2.45) is 5.92 Å². The molecule has 2 aliphatic rings. The molecule has 1 saturated heterocycles. The van der Waals surface area contributed by atoms with Crippen molar-refractivity contribution in [2.75, 3.05) is 26.2 Å². The van der Waals surface area contributed by atoms with Gasteiger partial charge >= 0.3 is 0 Å². The topological polar surface area (TPSA) is 6.48 Å². The molecule has 1 aromatic rings. The van der Waals surface area contributed by atoms with E-state index < -0.39 is 0 Å². The van der Waals surface area contributed by atoms with Gasteiger partial charge in [0, 0.05) is 23.1 Å². The minimum atomic E-state index is 0.202. The summed E-state index contributed by atoms with van der Waals surface area (Å²) in [7, 11) is 0. The number of halogens is 1. The Balaban J connectivity index is 1.76. The van der Waals surface area contributed by atoms with E-state index in [-0.39, 0.29) is 5.54 Å². The SMILES string of the molecule is CCCCN(CCCC)C1(c2ccc(Cl)cc2)CCC(N2CCC(CCC)C2)CC1. The lowest BCUT2D eigenvalue weighted by Gasteiger charge is -2.50. The molecule has 0 bridgehead atoms. The third-order valence-corrected chi connectivity index (χ3v) is 8.11. The Labute approximate surface area is 191 Å². The van der Waals surface area contributed by atoms with Gasteiger partial charge in [-0.15, -0.1) is 0 Å². The highest BCUT2D eigenvalue weighted by Gasteiger charge is 2.43. The molecule has 1 atom stereocenters. The Hall–Kier alpha value is -0.570. The van der Waals surface area contributed by atoms with Crippen LogP contribution in [0.1, 0.15) is 97.0 Å². The van der Waals surface area contributed by atoms with Crippen LogP contribution >= 0.6 is 11.6 Å². The average Bonchev–Trinajstić information content (AvgIpc) is 3.23. The first-order chi connectivity index (χ1) is 14.6. The molecule has 0 amide bonds. The maximum Gasteiger partial charge on any atom is 0.0461 e. The molecule has 1 unspecified atom stereocenters. The molecule has 0 radical (unpaired) electrons. The van der Waals surface area contributed by atoms with Crippen molar-refractivity contribution in [3.05, 3.63) is 34.9 Å². The smallest absolute Gasteiger partial charge is 0.0461 e. The van der Waals surface area contributed by atoms with E-state index >= 15 is 0 Å². The van der Waals surface area contributed by atoms with Crippen molar-refractivity contribution in [2.45, 2.75) is 103 Å². The van der Waals surface area contributed by atoms with Gasteiger partial charge in [0.05, 0.1) is 0 Å². The molecule has 1 aromatic carbocycles. The molecule has 170 valence electrons. The lowest BCUT2D eigenvalue weighted by atomic mass is 9.73. The first kappa shape index (κ1) is 24.1. The van der Waals surface area contributed by atoms with Crippen LogP contribution in [0, 0.1) is 5.92 Å². The van der Waals surface area contributed by atoms with Gasteiger partial charge in [0.1, 0.15) is 0 Å². The molecule has 2 fully saturated rings. The number of likely N-dealkylation sites (tertiary alicyclic amines) is 1. The van der Waals surface area contributed by atoms with Crippen LogP contribution in [0.3, 0.4) is 0 Å². The standard InChI is InChI=1S/C27H45ClN2/c1-4-7-19-30(20-8-5-2)27(24-10-12-25(28)13-11-24)17-14-26(15-18-27)29-21-16-23(22-29)9-6-3/h10-13,23,26H,4-9,14-22H2,1-3H3. The first-order valence-electron chi connectivity index (χ1n) is 12.9. The summed E-state index contributed by atoms with van der Waals surface area (Å²) in [6.45, 7) is 12.1. The van der Waals surface area contributed by atoms with Crippen LogP contribution in [0.2, 0.25) is 5.02 Å². The summed E-state index contributed by atoms with van der Waals surface area (Å²) in [5.41, 5.74) is 1.70. The molecule has 1 aliphatic heterocycles. The van der Waals surface area contributed by atoms with Crippen LogP contribution in [0.5, 0.6) is 0 Å². The second kappa shape index (κ2) is 11.9. The predicted molar refractivity (Wildman–Crippen MR) is 131 cm³/mol. The van der Waals surface area contributed by atoms with Crippen molar-refractivity contribution >= 4 is 11.6 Å². The quantitative estimate of drug-likeness (QED) is 0.357. The van der Waals surface area contributed by atoms with Gasteiger partial charge in [0.25, 0.3) is 0 Å². The predicted octanol–water partition coefficient (Wildman–Crippen LogP) is 7.50. The normalized spacial score (nSPS) is 27.8. The summed E-state index contributed by atoms with van der Waals surface area (Å²) in [6, 6.07) is 9.66. The van der Waals surface area contributed by atoms with Crippen LogP contribution < -0.4 is 0 Å². The zero-order chi connectivity index (χ0) is 21.4. The van der Waals surface area contributed by atoms with Gasteiger partial charge in [-0.1, -0.05) is 63.8 Å². The molecule has 0 N–H and O–H groups in total. The first-order valence-corrected chi connectivity index (χ1v) is 13.3. The molecule has 30 heavy (non-hydrogen) atoms. The minimum absolute atomic E-state index is 0.202. The summed E-state index contributed by atoms with van der Waals surface area (Å²) >= 11 is 6.27. The lowest BCUT2D eigenvalue weighted by molar-refractivity contribution is 0.0175. The largest absolute Gasteiger partial charge is 0.300 e. The van der Waals surface area contributed by atoms with E-state index in [0.717, 1.165) is 17.0 Å².